The molecule has 0 aliphatic heterocycles. The Bertz CT molecular complexity index is 1360. The highest BCUT2D eigenvalue weighted by Crippen LogP contribution is 2.31. The van der Waals surface area contributed by atoms with E-state index in [1.807, 2.05) is 30.3 Å². The van der Waals surface area contributed by atoms with E-state index in [2.05, 4.69) is 5.32 Å². The van der Waals surface area contributed by atoms with Crippen LogP contribution in [-0.4, -0.2) is 51.0 Å². The average Bonchev–Trinajstić information content (AvgIpc) is 2.86. The largest absolute Gasteiger partial charge is 0.357 e. The zero-order valence-corrected chi connectivity index (χ0v) is 22.5. The van der Waals surface area contributed by atoms with Crippen LogP contribution in [0.3, 0.4) is 0 Å². The number of sulfonamides is 1. The molecule has 0 aromatic heterocycles. The predicted octanol–water partition coefficient (Wildman–Crippen LogP) is 4.28. The van der Waals surface area contributed by atoms with E-state index in [0.717, 1.165) is 16.1 Å². The number of nitrogens with one attached hydrogen (secondary N) is 1. The van der Waals surface area contributed by atoms with Gasteiger partial charge in [-0.1, -0.05) is 65.7 Å². The van der Waals surface area contributed by atoms with E-state index in [1.54, 1.807) is 0 Å². The van der Waals surface area contributed by atoms with Gasteiger partial charge >= 0.3 is 0 Å². The molecule has 0 fully saturated rings. The van der Waals surface area contributed by atoms with Gasteiger partial charge in [0, 0.05) is 25.0 Å². The second-order valence-electron chi connectivity index (χ2n) is 8.33. The third-order valence-corrected chi connectivity index (χ3v) is 7.32. The summed E-state index contributed by atoms with van der Waals surface area (Å²) in [6.07, 6.45) is 1.12. The fourth-order valence-corrected chi connectivity index (χ4v) is 5.07. The normalized spacial score (nSPS) is 12.0. The summed E-state index contributed by atoms with van der Waals surface area (Å²) in [7, 11) is -2.53. The summed E-state index contributed by atoms with van der Waals surface area (Å²) in [6, 6.07) is 17.9. The van der Waals surface area contributed by atoms with E-state index in [1.165, 1.54) is 54.4 Å². The average molecular weight is 566 g/mol. The number of amides is 2. The van der Waals surface area contributed by atoms with Crippen LogP contribution >= 0.6 is 23.2 Å². The van der Waals surface area contributed by atoms with E-state index in [4.69, 9.17) is 23.2 Å². The fourth-order valence-electron chi connectivity index (χ4n) is 3.78. The van der Waals surface area contributed by atoms with Gasteiger partial charge in [0.2, 0.25) is 21.8 Å². The van der Waals surface area contributed by atoms with E-state index in [0.29, 0.717) is 5.56 Å². The lowest BCUT2D eigenvalue weighted by molar-refractivity contribution is -0.139. The molecule has 0 unspecified atom stereocenters. The molecule has 3 aromatic carbocycles. The lowest BCUT2D eigenvalue weighted by atomic mass is 10.0. The number of anilines is 1. The van der Waals surface area contributed by atoms with E-state index >= 15 is 0 Å². The van der Waals surface area contributed by atoms with Crippen molar-refractivity contribution in [2.75, 3.05) is 24.2 Å². The molecule has 3 rings (SSSR count). The quantitative estimate of drug-likeness (QED) is 0.397. The molecule has 0 radical (unpaired) electrons. The Kier molecular flexibility index (Phi) is 9.53. The number of halogens is 3. The van der Waals surface area contributed by atoms with Crippen molar-refractivity contribution >= 4 is 50.7 Å². The van der Waals surface area contributed by atoms with Gasteiger partial charge in [-0.15, -0.1) is 0 Å². The van der Waals surface area contributed by atoms with Crippen molar-refractivity contribution in [3.8, 4) is 0 Å². The molecule has 0 aliphatic carbocycles. The summed E-state index contributed by atoms with van der Waals surface area (Å²) in [5.74, 6) is -1.55. The van der Waals surface area contributed by atoms with Crippen LogP contribution in [0.2, 0.25) is 10.0 Å². The molecule has 11 heteroatoms. The highest BCUT2D eigenvalue weighted by Gasteiger charge is 2.33. The molecule has 2 amide bonds. The number of hydrogen-bond acceptors (Lipinski definition) is 4. The highest BCUT2D eigenvalue weighted by molar-refractivity contribution is 7.92. The lowest BCUT2D eigenvalue weighted by Crippen LogP contribution is -2.52. The van der Waals surface area contributed by atoms with Crippen molar-refractivity contribution < 1.29 is 22.4 Å². The maximum atomic E-state index is 13.8. The molecule has 37 heavy (non-hydrogen) atoms. The summed E-state index contributed by atoms with van der Waals surface area (Å²) in [6.45, 7) is -0.701. The van der Waals surface area contributed by atoms with Crippen molar-refractivity contribution in [1.82, 2.24) is 10.2 Å². The van der Waals surface area contributed by atoms with Crippen LogP contribution in [0, 0.1) is 5.82 Å². The number of likely N-dealkylation sites (N-methyl/N-ethyl adjacent to an activating group) is 1. The third-order valence-electron chi connectivity index (χ3n) is 5.64. The van der Waals surface area contributed by atoms with Crippen LogP contribution in [0.15, 0.2) is 72.8 Å². The number of hydrogen-bond donors (Lipinski definition) is 1. The first kappa shape index (κ1) is 28.4. The lowest BCUT2D eigenvalue weighted by Gasteiger charge is -2.33. The summed E-state index contributed by atoms with van der Waals surface area (Å²) in [5, 5.41) is 2.90. The third kappa shape index (κ3) is 7.67. The van der Waals surface area contributed by atoms with Gasteiger partial charge in [0.05, 0.1) is 17.0 Å². The minimum absolute atomic E-state index is 0.0336. The minimum Gasteiger partial charge on any atom is -0.357 e. The maximum Gasteiger partial charge on any atom is 0.244 e. The number of benzene rings is 3. The topological polar surface area (TPSA) is 86.8 Å². The molecular formula is C26H26Cl2FN3O4S. The summed E-state index contributed by atoms with van der Waals surface area (Å²) in [4.78, 5) is 28.1. The Morgan fingerprint density at radius 2 is 1.62 bits per heavy atom. The van der Waals surface area contributed by atoms with Crippen LogP contribution in [0.4, 0.5) is 10.1 Å². The molecule has 196 valence electrons. The van der Waals surface area contributed by atoms with Gasteiger partial charge < -0.3 is 10.2 Å². The van der Waals surface area contributed by atoms with Crippen molar-refractivity contribution in [3.63, 3.8) is 0 Å². The van der Waals surface area contributed by atoms with Gasteiger partial charge in [-0.2, -0.15) is 0 Å². The Morgan fingerprint density at radius 1 is 0.973 bits per heavy atom. The van der Waals surface area contributed by atoms with Crippen molar-refractivity contribution in [2.45, 2.75) is 19.0 Å². The van der Waals surface area contributed by atoms with Crippen LogP contribution in [-0.2, 0) is 32.6 Å². The molecule has 1 N–H and O–H groups in total. The van der Waals surface area contributed by atoms with E-state index < -0.39 is 40.2 Å². The van der Waals surface area contributed by atoms with Crippen molar-refractivity contribution in [3.05, 3.63) is 99.8 Å². The van der Waals surface area contributed by atoms with Crippen molar-refractivity contribution in [2.24, 2.45) is 0 Å². The summed E-state index contributed by atoms with van der Waals surface area (Å²) < 4.78 is 39.8. The number of carbonyl (C=O) groups excluding carboxylic acids is 2. The first-order chi connectivity index (χ1) is 17.5. The Balaban J connectivity index is 2.04. The monoisotopic (exact) mass is 565 g/mol. The van der Waals surface area contributed by atoms with Crippen LogP contribution < -0.4 is 9.62 Å². The zero-order chi connectivity index (χ0) is 27.2. The molecule has 1 atom stereocenters. The molecule has 0 heterocycles. The molecule has 0 bridgehead atoms. The molecule has 0 saturated carbocycles. The molecule has 0 spiro atoms. The maximum absolute atomic E-state index is 13.8. The van der Waals surface area contributed by atoms with Crippen molar-refractivity contribution in [1.29, 1.82) is 0 Å². The minimum atomic E-state index is -3.98. The highest BCUT2D eigenvalue weighted by atomic mass is 35.5. The van der Waals surface area contributed by atoms with Gasteiger partial charge in [0.15, 0.2) is 0 Å². The van der Waals surface area contributed by atoms with E-state index in [9.17, 15) is 22.4 Å². The first-order valence-electron chi connectivity index (χ1n) is 11.2. The Morgan fingerprint density at radius 3 is 2.22 bits per heavy atom. The second kappa shape index (κ2) is 12.4. The number of nitrogens with zero attached hydrogens (tertiary/aromatic N) is 2. The van der Waals surface area contributed by atoms with Crippen LogP contribution in [0.1, 0.15) is 11.1 Å². The zero-order valence-electron chi connectivity index (χ0n) is 20.2. The molecule has 0 aliphatic rings. The number of rotatable bonds is 10. The van der Waals surface area contributed by atoms with E-state index in [-0.39, 0.29) is 28.7 Å². The molecule has 7 nitrogen and oxygen atoms in total. The predicted molar refractivity (Wildman–Crippen MR) is 144 cm³/mol. The van der Waals surface area contributed by atoms with Gasteiger partial charge in [0.25, 0.3) is 0 Å². The van der Waals surface area contributed by atoms with Gasteiger partial charge in [-0.05, 0) is 41.5 Å². The molecular weight excluding hydrogens is 540 g/mol. The van der Waals surface area contributed by atoms with Crippen LogP contribution in [0.5, 0.6) is 0 Å². The number of carbonyl (C=O) groups is 2. The van der Waals surface area contributed by atoms with Crippen LogP contribution in [0.25, 0.3) is 0 Å². The Labute approximate surface area is 225 Å². The first-order valence-corrected chi connectivity index (χ1v) is 13.8. The molecule has 3 aromatic rings. The second-order valence-corrected chi connectivity index (χ2v) is 11.1. The molecule has 0 saturated heterocycles. The van der Waals surface area contributed by atoms with Gasteiger partial charge in [0.1, 0.15) is 18.4 Å². The fraction of sp³-hybridized carbons (Fsp3) is 0.231. The van der Waals surface area contributed by atoms with Gasteiger partial charge in [-0.25, -0.2) is 12.8 Å². The summed E-state index contributed by atoms with van der Waals surface area (Å²) >= 11 is 12.3. The standard InChI is InChI=1S/C26H26Cl2FN3O4S/c1-30-26(34)24(14-18-6-4-3-5-7-18)31(16-19-8-11-21(29)12-9-19)25(33)17-32(37(2,35)36)23-15-20(27)10-13-22(23)28/h3-13,15,24H,14,16-17H2,1-2H3,(H,30,34)/t24-/m0/s1. The Hall–Kier alpha value is -3.14. The summed E-state index contributed by atoms with van der Waals surface area (Å²) in [5.41, 5.74) is 1.39. The van der Waals surface area contributed by atoms with Gasteiger partial charge in [-0.3, -0.25) is 13.9 Å². The smallest absolute Gasteiger partial charge is 0.244 e. The SMILES string of the molecule is CNC(=O)[C@H](Cc1ccccc1)N(Cc1ccc(F)cc1)C(=O)CN(c1cc(Cl)ccc1Cl)S(C)(=O)=O.